The van der Waals surface area contributed by atoms with Crippen LogP contribution in [-0.2, 0) is 16.0 Å². The van der Waals surface area contributed by atoms with Crippen LogP contribution in [0.2, 0.25) is 0 Å². The maximum absolute atomic E-state index is 13.0. The van der Waals surface area contributed by atoms with Crippen molar-refractivity contribution in [3.63, 3.8) is 0 Å². The second kappa shape index (κ2) is 9.91. The Morgan fingerprint density at radius 3 is 2.79 bits per heavy atom. The molecule has 28 heavy (non-hydrogen) atoms. The summed E-state index contributed by atoms with van der Waals surface area (Å²) in [5, 5.41) is 11.9. The molecule has 0 aliphatic carbocycles. The zero-order valence-electron chi connectivity index (χ0n) is 16.3. The maximum Gasteiger partial charge on any atom is 0.223 e. The molecule has 0 saturated carbocycles. The Morgan fingerprint density at radius 1 is 1.29 bits per heavy atom. The summed E-state index contributed by atoms with van der Waals surface area (Å²) in [5.41, 5.74) is 0.864. The van der Waals surface area contributed by atoms with E-state index < -0.39 is 6.10 Å². The van der Waals surface area contributed by atoms with Crippen LogP contribution in [0.25, 0.3) is 0 Å². The fourth-order valence-electron chi connectivity index (χ4n) is 3.61. The second-order valence-corrected chi connectivity index (χ2v) is 7.70. The number of carbonyl (C=O) groups is 1. The largest absolute Gasteiger partial charge is 0.493 e. The summed E-state index contributed by atoms with van der Waals surface area (Å²) in [7, 11) is 3.16. The minimum Gasteiger partial charge on any atom is -0.493 e. The van der Waals surface area contributed by atoms with Crippen molar-refractivity contribution >= 4 is 17.2 Å². The molecule has 6 nitrogen and oxygen atoms in total. The minimum atomic E-state index is -0.465. The molecule has 1 fully saturated rings. The Bertz CT molecular complexity index is 764. The summed E-state index contributed by atoms with van der Waals surface area (Å²) in [6.07, 6.45) is 1.71. The molecule has 1 aliphatic heterocycles. The van der Waals surface area contributed by atoms with Crippen molar-refractivity contribution < 1.29 is 24.1 Å². The van der Waals surface area contributed by atoms with Gasteiger partial charge in [-0.25, -0.2) is 0 Å². The Morgan fingerprint density at radius 2 is 2.11 bits per heavy atom. The molecule has 1 aliphatic rings. The molecule has 2 heterocycles. The molecule has 3 rings (SSSR count). The zero-order chi connectivity index (χ0) is 19.9. The number of hydrogen-bond donors (Lipinski definition) is 1. The van der Waals surface area contributed by atoms with Crippen molar-refractivity contribution in [2.75, 3.05) is 34.0 Å². The molecule has 1 saturated heterocycles. The third-order valence-electron chi connectivity index (χ3n) is 5.00. The number of morpholine rings is 1. The third kappa shape index (κ3) is 4.66. The van der Waals surface area contributed by atoms with Gasteiger partial charge in [-0.3, -0.25) is 4.79 Å². The number of aliphatic hydroxyl groups excluding tert-OH is 1. The van der Waals surface area contributed by atoms with Crippen LogP contribution in [0.5, 0.6) is 11.5 Å². The van der Waals surface area contributed by atoms with Crippen LogP contribution in [0.4, 0.5) is 0 Å². The van der Waals surface area contributed by atoms with Crippen molar-refractivity contribution in [3.8, 4) is 11.5 Å². The molecule has 0 radical (unpaired) electrons. The van der Waals surface area contributed by atoms with Gasteiger partial charge in [-0.15, -0.1) is 11.3 Å². The minimum absolute atomic E-state index is 0.0816. The molecule has 1 aromatic heterocycles. The van der Waals surface area contributed by atoms with Crippen molar-refractivity contribution in [3.05, 3.63) is 46.2 Å². The highest BCUT2D eigenvalue weighted by molar-refractivity contribution is 7.09. The summed E-state index contributed by atoms with van der Waals surface area (Å²) in [6, 6.07) is 9.34. The number of hydrogen-bond acceptors (Lipinski definition) is 6. The van der Waals surface area contributed by atoms with E-state index in [9.17, 15) is 9.90 Å². The summed E-state index contributed by atoms with van der Waals surface area (Å²) >= 11 is 1.72. The molecule has 0 spiro atoms. The maximum atomic E-state index is 13.0. The van der Waals surface area contributed by atoms with E-state index in [1.165, 1.54) is 4.88 Å². The van der Waals surface area contributed by atoms with Gasteiger partial charge < -0.3 is 24.2 Å². The SMILES string of the molecule is COc1ccc([C@@H]2[C@@H](CO)OCCN2C(=O)CCCc2cccs2)cc1OC. The number of rotatable bonds is 8. The molecular weight excluding hydrogens is 378 g/mol. The number of aliphatic hydroxyl groups is 1. The first-order valence-corrected chi connectivity index (χ1v) is 10.3. The van der Waals surface area contributed by atoms with Gasteiger partial charge in [0.2, 0.25) is 5.91 Å². The summed E-state index contributed by atoms with van der Waals surface area (Å²) < 4.78 is 16.5. The molecule has 1 N–H and O–H groups in total. The van der Waals surface area contributed by atoms with Crippen molar-refractivity contribution in [2.24, 2.45) is 0 Å². The van der Waals surface area contributed by atoms with Gasteiger partial charge in [0, 0.05) is 17.8 Å². The highest BCUT2D eigenvalue weighted by Gasteiger charge is 2.36. The summed E-state index contributed by atoms with van der Waals surface area (Å²) in [5.74, 6) is 1.29. The summed E-state index contributed by atoms with van der Waals surface area (Å²) in [6.45, 7) is 0.775. The van der Waals surface area contributed by atoms with Gasteiger partial charge in [-0.2, -0.15) is 0 Å². The molecular formula is C21H27NO5S. The van der Waals surface area contributed by atoms with Crippen LogP contribution in [0.15, 0.2) is 35.7 Å². The van der Waals surface area contributed by atoms with E-state index in [0.29, 0.717) is 31.1 Å². The smallest absolute Gasteiger partial charge is 0.223 e. The van der Waals surface area contributed by atoms with Gasteiger partial charge in [0.1, 0.15) is 6.10 Å². The fourth-order valence-corrected chi connectivity index (χ4v) is 4.36. The Labute approximate surface area is 169 Å². The highest BCUT2D eigenvalue weighted by Crippen LogP contribution is 2.36. The first-order valence-electron chi connectivity index (χ1n) is 9.44. The number of amides is 1. The lowest BCUT2D eigenvalue weighted by molar-refractivity contribution is -0.150. The first-order chi connectivity index (χ1) is 13.7. The molecule has 7 heteroatoms. The van der Waals surface area contributed by atoms with Gasteiger partial charge in [0.05, 0.1) is 33.5 Å². The number of methoxy groups -OCH3 is 2. The van der Waals surface area contributed by atoms with E-state index in [-0.39, 0.29) is 18.6 Å². The molecule has 0 unspecified atom stereocenters. The number of benzene rings is 1. The predicted octanol–water partition coefficient (Wildman–Crippen LogP) is 3.05. The predicted molar refractivity (Wildman–Crippen MR) is 108 cm³/mol. The van der Waals surface area contributed by atoms with Crippen LogP contribution < -0.4 is 9.47 Å². The van der Waals surface area contributed by atoms with Crippen LogP contribution in [0, 0.1) is 0 Å². The van der Waals surface area contributed by atoms with E-state index in [2.05, 4.69) is 11.4 Å². The van der Waals surface area contributed by atoms with Gasteiger partial charge in [0.25, 0.3) is 0 Å². The zero-order valence-corrected chi connectivity index (χ0v) is 17.1. The Hall–Kier alpha value is -2.09. The molecule has 1 amide bonds. The second-order valence-electron chi connectivity index (χ2n) is 6.67. The normalized spacial score (nSPS) is 19.5. The van der Waals surface area contributed by atoms with Crippen LogP contribution in [-0.4, -0.2) is 56.0 Å². The average Bonchev–Trinajstić information content (AvgIpc) is 3.26. The lowest BCUT2D eigenvalue weighted by Gasteiger charge is -2.41. The van der Waals surface area contributed by atoms with Crippen LogP contribution in [0.3, 0.4) is 0 Å². The van der Waals surface area contributed by atoms with Gasteiger partial charge >= 0.3 is 0 Å². The number of ether oxygens (including phenoxy) is 3. The van der Waals surface area contributed by atoms with Crippen molar-refractivity contribution in [1.82, 2.24) is 4.90 Å². The van der Waals surface area contributed by atoms with Crippen molar-refractivity contribution in [2.45, 2.75) is 31.4 Å². The summed E-state index contributed by atoms with van der Waals surface area (Å²) in [4.78, 5) is 16.1. The van der Waals surface area contributed by atoms with Gasteiger partial charge in [0.15, 0.2) is 11.5 Å². The standard InChI is InChI=1S/C21H27NO5S/c1-25-17-9-8-15(13-18(17)26-2)21-19(14-23)27-11-10-22(21)20(24)7-3-5-16-6-4-12-28-16/h4,6,8-9,12-13,19,21,23H,3,5,7,10-11,14H2,1-2H3/t19-,21-/m1/s1. The molecule has 0 bridgehead atoms. The van der Waals surface area contributed by atoms with E-state index in [1.807, 2.05) is 29.2 Å². The van der Waals surface area contributed by atoms with Gasteiger partial charge in [-0.1, -0.05) is 12.1 Å². The third-order valence-corrected chi connectivity index (χ3v) is 5.93. The Balaban J connectivity index is 1.77. The number of thiophene rings is 1. The molecule has 2 aromatic rings. The number of nitrogens with zero attached hydrogens (tertiary/aromatic N) is 1. The lowest BCUT2D eigenvalue weighted by atomic mass is 9.97. The average molecular weight is 406 g/mol. The van der Waals surface area contributed by atoms with E-state index in [0.717, 1.165) is 18.4 Å². The monoisotopic (exact) mass is 405 g/mol. The van der Waals surface area contributed by atoms with Crippen molar-refractivity contribution in [1.29, 1.82) is 0 Å². The number of carbonyl (C=O) groups excluding carboxylic acids is 1. The molecule has 152 valence electrons. The van der Waals surface area contributed by atoms with E-state index >= 15 is 0 Å². The lowest BCUT2D eigenvalue weighted by Crippen LogP contribution is -2.49. The van der Waals surface area contributed by atoms with E-state index in [4.69, 9.17) is 14.2 Å². The van der Waals surface area contributed by atoms with E-state index in [1.54, 1.807) is 25.6 Å². The topological polar surface area (TPSA) is 68.2 Å². The fraction of sp³-hybridized carbons (Fsp3) is 0.476. The highest BCUT2D eigenvalue weighted by atomic mass is 32.1. The quantitative estimate of drug-likeness (QED) is 0.731. The molecule has 2 atom stereocenters. The van der Waals surface area contributed by atoms with Crippen LogP contribution >= 0.6 is 11.3 Å². The van der Waals surface area contributed by atoms with Gasteiger partial charge in [-0.05, 0) is 42.0 Å². The Kier molecular flexibility index (Phi) is 7.30. The molecule has 1 aromatic carbocycles. The number of aryl methyl sites for hydroxylation is 1. The van der Waals surface area contributed by atoms with Crippen LogP contribution in [0.1, 0.15) is 29.3 Å². The first kappa shape index (κ1) is 20.6.